The second-order valence-corrected chi connectivity index (χ2v) is 6.24. The van der Waals surface area contributed by atoms with E-state index in [1.165, 1.54) is 19.2 Å². The fourth-order valence-electron chi connectivity index (χ4n) is 2.59. The molecule has 7 nitrogen and oxygen atoms in total. The minimum atomic E-state index is -0.707. The van der Waals surface area contributed by atoms with Gasteiger partial charge in [0.25, 0.3) is 0 Å². The van der Waals surface area contributed by atoms with Crippen LogP contribution in [0.3, 0.4) is 0 Å². The van der Waals surface area contributed by atoms with Crippen LogP contribution in [-0.2, 0) is 11.3 Å². The average molecular weight is 425 g/mol. The van der Waals surface area contributed by atoms with Crippen molar-refractivity contribution in [1.82, 2.24) is 10.6 Å². The van der Waals surface area contributed by atoms with Gasteiger partial charge in [-0.25, -0.2) is 9.18 Å². The molecule has 29 heavy (non-hydrogen) atoms. The summed E-state index contributed by atoms with van der Waals surface area (Å²) >= 11 is 0. The molecule has 0 heterocycles. The van der Waals surface area contributed by atoms with Crippen LogP contribution in [0.4, 0.5) is 20.6 Å². The van der Waals surface area contributed by atoms with Gasteiger partial charge in [0.1, 0.15) is 17.6 Å². The lowest BCUT2D eigenvalue weighted by molar-refractivity contribution is -0.118. The molecule has 0 aliphatic heterocycles. The zero-order valence-corrected chi connectivity index (χ0v) is 17.1. The summed E-state index contributed by atoms with van der Waals surface area (Å²) in [6.07, 6.45) is 1.18. The molecule has 158 valence electrons. The summed E-state index contributed by atoms with van der Waals surface area (Å²) in [6.45, 7) is 2.14. The van der Waals surface area contributed by atoms with E-state index in [9.17, 15) is 14.0 Å². The maximum atomic E-state index is 12.9. The number of hydrogen-bond acceptors (Lipinski definition) is 4. The third-order valence-corrected chi connectivity index (χ3v) is 4.06. The average Bonchev–Trinajstić information content (AvgIpc) is 2.67. The van der Waals surface area contributed by atoms with Gasteiger partial charge in [-0.3, -0.25) is 4.79 Å². The Balaban J connectivity index is 0.00000420. The first-order valence-electron chi connectivity index (χ1n) is 8.96. The lowest BCUT2D eigenvalue weighted by atomic mass is 10.1. The minimum Gasteiger partial charge on any atom is -0.495 e. The molecule has 1 unspecified atom stereocenters. The number of nitrogens with two attached hydrogens (primary N) is 1. The van der Waals surface area contributed by atoms with E-state index in [1.54, 1.807) is 30.3 Å². The summed E-state index contributed by atoms with van der Waals surface area (Å²) < 4.78 is 18.0. The maximum absolute atomic E-state index is 12.9. The molecule has 0 aliphatic rings. The highest BCUT2D eigenvalue weighted by atomic mass is 35.5. The van der Waals surface area contributed by atoms with Crippen LogP contribution in [0.1, 0.15) is 25.3 Å². The highest BCUT2D eigenvalue weighted by molar-refractivity contribution is 5.97. The summed E-state index contributed by atoms with van der Waals surface area (Å²) in [5, 5.41) is 8.07. The third-order valence-electron chi connectivity index (χ3n) is 4.06. The Kier molecular flexibility index (Phi) is 9.74. The van der Waals surface area contributed by atoms with Gasteiger partial charge < -0.3 is 26.4 Å². The van der Waals surface area contributed by atoms with Gasteiger partial charge in [0.2, 0.25) is 5.91 Å². The second kappa shape index (κ2) is 11.8. The monoisotopic (exact) mass is 424 g/mol. The van der Waals surface area contributed by atoms with Gasteiger partial charge in [-0.05, 0) is 42.3 Å². The van der Waals surface area contributed by atoms with Crippen molar-refractivity contribution in [1.29, 1.82) is 0 Å². The van der Waals surface area contributed by atoms with Crippen LogP contribution in [0.25, 0.3) is 0 Å². The van der Waals surface area contributed by atoms with E-state index < -0.39 is 12.1 Å². The summed E-state index contributed by atoms with van der Waals surface area (Å²) in [5.41, 5.74) is 7.51. The molecule has 0 bridgehead atoms. The second-order valence-electron chi connectivity index (χ2n) is 6.24. The van der Waals surface area contributed by atoms with E-state index in [0.717, 1.165) is 5.56 Å². The zero-order chi connectivity index (χ0) is 20.5. The number of halogens is 2. The van der Waals surface area contributed by atoms with Crippen LogP contribution >= 0.6 is 12.4 Å². The molecule has 0 aliphatic carbocycles. The van der Waals surface area contributed by atoms with Gasteiger partial charge in [-0.1, -0.05) is 25.5 Å². The zero-order valence-electron chi connectivity index (χ0n) is 16.3. The first-order valence-corrected chi connectivity index (χ1v) is 8.96. The molecule has 2 aromatic rings. The number of rotatable bonds is 8. The number of hydrogen-bond donors (Lipinski definition) is 4. The van der Waals surface area contributed by atoms with Crippen LogP contribution in [0, 0.1) is 5.82 Å². The topological polar surface area (TPSA) is 105 Å². The number of carbonyl (C=O) groups excluding carboxylic acids is 2. The number of methoxy groups -OCH3 is 1. The van der Waals surface area contributed by atoms with E-state index in [2.05, 4.69) is 16.0 Å². The molecule has 0 saturated carbocycles. The molecule has 2 aromatic carbocycles. The van der Waals surface area contributed by atoms with Crippen LogP contribution in [0.5, 0.6) is 5.75 Å². The number of benzene rings is 2. The Morgan fingerprint density at radius 3 is 2.45 bits per heavy atom. The lowest BCUT2D eigenvalue weighted by Crippen LogP contribution is -2.47. The Morgan fingerprint density at radius 1 is 1.17 bits per heavy atom. The SMILES string of the molecule is CCCC(NC(=O)NCc1ccc(F)cc1)C(=O)Nc1ccc(OC)c(N)c1.Cl. The van der Waals surface area contributed by atoms with Crippen LogP contribution in [-0.4, -0.2) is 25.1 Å². The van der Waals surface area contributed by atoms with Crippen molar-refractivity contribution in [3.05, 3.63) is 53.8 Å². The van der Waals surface area contributed by atoms with Crippen molar-refractivity contribution in [2.45, 2.75) is 32.4 Å². The van der Waals surface area contributed by atoms with E-state index >= 15 is 0 Å². The van der Waals surface area contributed by atoms with Crippen molar-refractivity contribution in [3.63, 3.8) is 0 Å². The van der Waals surface area contributed by atoms with Crippen molar-refractivity contribution in [2.24, 2.45) is 0 Å². The van der Waals surface area contributed by atoms with Crippen molar-refractivity contribution in [2.75, 3.05) is 18.2 Å². The largest absolute Gasteiger partial charge is 0.495 e. The van der Waals surface area contributed by atoms with Gasteiger partial charge >= 0.3 is 6.03 Å². The Hall–Kier alpha value is -3.00. The van der Waals surface area contributed by atoms with Gasteiger partial charge in [0.05, 0.1) is 12.8 Å². The molecule has 0 spiro atoms. The quantitative estimate of drug-likeness (QED) is 0.487. The molecule has 3 amide bonds. The molecule has 0 radical (unpaired) electrons. The predicted octanol–water partition coefficient (Wildman–Crippen LogP) is 3.44. The standard InChI is InChI=1S/C20H25FN4O3.ClH/c1-3-4-17(19(26)24-15-9-10-18(28-2)16(22)11-15)25-20(27)23-12-13-5-7-14(21)8-6-13;/h5-11,17H,3-4,12,22H2,1-2H3,(H,24,26)(H2,23,25,27);1H. The summed E-state index contributed by atoms with van der Waals surface area (Å²) in [5.74, 6) is -0.170. The number of nitrogens with one attached hydrogen (secondary N) is 3. The predicted molar refractivity (Wildman–Crippen MR) is 114 cm³/mol. The molecular weight excluding hydrogens is 399 g/mol. The lowest BCUT2D eigenvalue weighted by Gasteiger charge is -2.18. The molecule has 5 N–H and O–H groups in total. The van der Waals surface area contributed by atoms with Crippen LogP contribution < -0.4 is 26.4 Å². The first-order chi connectivity index (χ1) is 13.4. The fourth-order valence-corrected chi connectivity index (χ4v) is 2.59. The number of anilines is 2. The minimum absolute atomic E-state index is 0. The van der Waals surface area contributed by atoms with Gasteiger partial charge in [0.15, 0.2) is 0 Å². The van der Waals surface area contributed by atoms with E-state index in [1.807, 2.05) is 6.92 Å². The molecule has 1 atom stereocenters. The number of amides is 3. The highest BCUT2D eigenvalue weighted by Crippen LogP contribution is 2.24. The van der Waals surface area contributed by atoms with Crippen molar-refractivity contribution >= 4 is 35.7 Å². The van der Waals surface area contributed by atoms with Crippen molar-refractivity contribution in [3.8, 4) is 5.75 Å². The van der Waals surface area contributed by atoms with Crippen LogP contribution in [0.2, 0.25) is 0 Å². The molecule has 2 rings (SSSR count). The smallest absolute Gasteiger partial charge is 0.315 e. The molecular formula is C20H26ClFN4O3. The molecule has 0 aromatic heterocycles. The summed E-state index contributed by atoms with van der Waals surface area (Å²) in [7, 11) is 1.51. The first kappa shape index (κ1) is 24.0. The molecule has 0 fully saturated rings. The van der Waals surface area contributed by atoms with Gasteiger partial charge in [-0.15, -0.1) is 12.4 Å². The molecule has 0 saturated heterocycles. The van der Waals surface area contributed by atoms with Crippen molar-refractivity contribution < 1.29 is 18.7 Å². The summed E-state index contributed by atoms with van der Waals surface area (Å²) in [6, 6.07) is 9.54. The number of carbonyl (C=O) groups is 2. The van der Waals surface area contributed by atoms with Gasteiger partial charge in [0, 0.05) is 12.2 Å². The Morgan fingerprint density at radius 2 is 1.86 bits per heavy atom. The number of ether oxygens (including phenoxy) is 1. The Bertz CT molecular complexity index is 818. The maximum Gasteiger partial charge on any atom is 0.315 e. The summed E-state index contributed by atoms with van der Waals surface area (Å²) in [4.78, 5) is 24.7. The number of urea groups is 1. The van der Waals surface area contributed by atoms with Gasteiger partial charge in [-0.2, -0.15) is 0 Å². The Labute approximate surface area is 175 Å². The molecule has 9 heteroatoms. The van der Waals surface area contributed by atoms with E-state index in [4.69, 9.17) is 10.5 Å². The normalized spacial score (nSPS) is 11.0. The highest BCUT2D eigenvalue weighted by Gasteiger charge is 2.20. The van der Waals surface area contributed by atoms with Crippen LogP contribution in [0.15, 0.2) is 42.5 Å². The van der Waals surface area contributed by atoms with E-state index in [-0.39, 0.29) is 30.7 Å². The fraction of sp³-hybridized carbons (Fsp3) is 0.300. The third kappa shape index (κ3) is 7.50. The van der Waals surface area contributed by atoms with E-state index in [0.29, 0.717) is 30.0 Å². The number of nitrogen functional groups attached to an aromatic ring is 1.